The number of hydrogen-bond acceptors (Lipinski definition) is 5. The van der Waals surface area contributed by atoms with Crippen LogP contribution in [0.4, 0.5) is 5.69 Å². The zero-order valence-electron chi connectivity index (χ0n) is 12.2. The molecule has 1 aromatic carbocycles. The average Bonchev–Trinajstić information content (AvgIpc) is 2.46. The van der Waals surface area contributed by atoms with Gasteiger partial charge in [0.05, 0.1) is 4.92 Å². The van der Waals surface area contributed by atoms with E-state index >= 15 is 0 Å². The number of benzene rings is 1. The number of rotatable bonds is 7. The highest BCUT2D eigenvalue weighted by molar-refractivity contribution is 5.81. The maximum atomic E-state index is 11.9. The van der Waals surface area contributed by atoms with Gasteiger partial charge in [-0.1, -0.05) is 6.92 Å². The van der Waals surface area contributed by atoms with Crippen molar-refractivity contribution in [3.63, 3.8) is 0 Å². The molecule has 21 heavy (non-hydrogen) atoms. The highest BCUT2D eigenvalue weighted by Crippen LogP contribution is 2.28. The van der Waals surface area contributed by atoms with Gasteiger partial charge in [-0.2, -0.15) is 0 Å². The summed E-state index contributed by atoms with van der Waals surface area (Å²) in [5.41, 5.74) is -0.173. The number of aldehydes is 1. The van der Waals surface area contributed by atoms with Gasteiger partial charge in [0.25, 0.3) is 5.91 Å². The summed E-state index contributed by atoms with van der Waals surface area (Å²) in [6.45, 7) is 5.29. The second kappa shape index (κ2) is 7.37. The number of hydrogen-bond donors (Lipinski definition) is 1. The molecule has 0 saturated carbocycles. The minimum absolute atomic E-state index is 0.00373. The van der Waals surface area contributed by atoms with E-state index in [2.05, 4.69) is 5.32 Å². The monoisotopic (exact) mass is 294 g/mol. The number of nitrogens with one attached hydrogen (secondary N) is 1. The van der Waals surface area contributed by atoms with E-state index in [4.69, 9.17) is 4.74 Å². The number of nitro groups is 1. The number of amides is 1. The van der Waals surface area contributed by atoms with Crippen LogP contribution in [0.2, 0.25) is 0 Å². The summed E-state index contributed by atoms with van der Waals surface area (Å²) in [6.07, 6.45) is 0.405. The molecule has 0 aliphatic rings. The van der Waals surface area contributed by atoms with Gasteiger partial charge in [0.15, 0.2) is 11.9 Å². The Labute approximate surface area is 122 Å². The van der Waals surface area contributed by atoms with Gasteiger partial charge >= 0.3 is 5.69 Å². The predicted octanol–water partition coefficient (Wildman–Crippen LogP) is 2.09. The van der Waals surface area contributed by atoms with Gasteiger partial charge in [-0.25, -0.2) is 0 Å². The third-order valence-corrected chi connectivity index (χ3v) is 2.99. The Morgan fingerprint density at radius 1 is 1.48 bits per heavy atom. The number of carbonyl (C=O) groups excluding carboxylic acids is 2. The lowest BCUT2D eigenvalue weighted by molar-refractivity contribution is -0.386. The zero-order valence-corrected chi connectivity index (χ0v) is 12.2. The fraction of sp³-hybridized carbons (Fsp3) is 0.429. The number of nitrogens with zero attached hydrogens (tertiary/aromatic N) is 1. The van der Waals surface area contributed by atoms with E-state index in [0.29, 0.717) is 6.29 Å². The summed E-state index contributed by atoms with van der Waals surface area (Å²) in [5, 5.41) is 13.7. The Balaban J connectivity index is 2.89. The third-order valence-electron chi connectivity index (χ3n) is 2.99. The maximum absolute atomic E-state index is 11.9. The molecule has 0 fully saturated rings. The van der Waals surface area contributed by atoms with Gasteiger partial charge in [0.1, 0.15) is 6.29 Å². The Morgan fingerprint density at radius 2 is 2.14 bits per heavy atom. The van der Waals surface area contributed by atoms with Crippen LogP contribution in [-0.2, 0) is 4.79 Å². The first-order valence-corrected chi connectivity index (χ1v) is 6.59. The molecular formula is C14H18N2O5. The fourth-order valence-corrected chi connectivity index (χ4v) is 1.56. The quantitative estimate of drug-likeness (QED) is 0.471. The van der Waals surface area contributed by atoms with E-state index in [9.17, 15) is 19.7 Å². The molecule has 0 aliphatic heterocycles. The van der Waals surface area contributed by atoms with Crippen LogP contribution in [0, 0.1) is 10.1 Å². The van der Waals surface area contributed by atoms with Crippen molar-refractivity contribution < 1.29 is 19.2 Å². The molecule has 0 radical (unpaired) electrons. The summed E-state index contributed by atoms with van der Waals surface area (Å²) >= 11 is 0. The summed E-state index contributed by atoms with van der Waals surface area (Å²) in [4.78, 5) is 32.8. The zero-order chi connectivity index (χ0) is 16.0. The first kappa shape index (κ1) is 16.6. The van der Waals surface area contributed by atoms with Crippen LogP contribution in [0.15, 0.2) is 18.2 Å². The first-order chi connectivity index (χ1) is 9.88. The van der Waals surface area contributed by atoms with Crippen LogP contribution in [-0.4, -0.2) is 29.3 Å². The minimum Gasteiger partial charge on any atom is -0.474 e. The SMILES string of the molecule is CCC(C)NC(=O)C(C)Oc1ccc(C=O)cc1[N+](=O)[O-]. The summed E-state index contributed by atoms with van der Waals surface area (Å²) in [5.74, 6) is -0.393. The van der Waals surface area contributed by atoms with Crippen LogP contribution >= 0.6 is 0 Å². The van der Waals surface area contributed by atoms with Crippen LogP contribution < -0.4 is 10.1 Å². The fourth-order valence-electron chi connectivity index (χ4n) is 1.56. The third kappa shape index (κ3) is 4.55. The van der Waals surface area contributed by atoms with E-state index in [1.165, 1.54) is 19.1 Å². The molecule has 2 atom stereocenters. The summed E-state index contributed by atoms with van der Waals surface area (Å²) < 4.78 is 5.34. The van der Waals surface area contributed by atoms with Crippen LogP contribution in [0.1, 0.15) is 37.6 Å². The van der Waals surface area contributed by atoms with Gasteiger partial charge in [0, 0.05) is 17.7 Å². The predicted molar refractivity (Wildman–Crippen MR) is 76.5 cm³/mol. The standard InChI is InChI=1S/C14H18N2O5/c1-4-9(2)15-14(18)10(3)21-13-6-5-11(8-17)7-12(13)16(19)20/h5-10H,4H2,1-3H3,(H,15,18). The molecule has 0 spiro atoms. The van der Waals surface area contributed by atoms with Crippen molar-refractivity contribution >= 4 is 17.9 Å². The lowest BCUT2D eigenvalue weighted by Gasteiger charge is -2.17. The van der Waals surface area contributed by atoms with Crippen molar-refractivity contribution in [2.45, 2.75) is 39.3 Å². The van der Waals surface area contributed by atoms with Crippen molar-refractivity contribution in [1.82, 2.24) is 5.32 Å². The van der Waals surface area contributed by atoms with Gasteiger partial charge in [-0.15, -0.1) is 0 Å². The van der Waals surface area contributed by atoms with E-state index in [1.807, 2.05) is 13.8 Å². The van der Waals surface area contributed by atoms with Crippen molar-refractivity contribution in [1.29, 1.82) is 0 Å². The average molecular weight is 294 g/mol. The molecule has 1 amide bonds. The molecule has 1 N–H and O–H groups in total. The minimum atomic E-state index is -0.875. The Hall–Kier alpha value is -2.44. The van der Waals surface area contributed by atoms with Gasteiger partial charge in [-0.3, -0.25) is 19.7 Å². The van der Waals surface area contributed by atoms with Crippen LogP contribution in [0.3, 0.4) is 0 Å². The second-order valence-corrected chi connectivity index (χ2v) is 4.68. The van der Waals surface area contributed by atoms with E-state index in [-0.39, 0.29) is 28.9 Å². The van der Waals surface area contributed by atoms with Gasteiger partial charge in [-0.05, 0) is 32.4 Å². The highest BCUT2D eigenvalue weighted by atomic mass is 16.6. The number of ether oxygens (including phenoxy) is 1. The molecule has 2 unspecified atom stereocenters. The molecule has 1 rings (SSSR count). The summed E-state index contributed by atoms with van der Waals surface area (Å²) in [6, 6.07) is 3.82. The molecule has 0 bridgehead atoms. The smallest absolute Gasteiger partial charge is 0.311 e. The molecule has 0 aromatic heterocycles. The molecule has 1 aromatic rings. The molecule has 7 heteroatoms. The van der Waals surface area contributed by atoms with Crippen molar-refractivity contribution in [3.8, 4) is 5.75 Å². The van der Waals surface area contributed by atoms with E-state index in [0.717, 1.165) is 12.5 Å². The Bertz CT molecular complexity index is 544. The van der Waals surface area contributed by atoms with Crippen molar-refractivity contribution in [2.75, 3.05) is 0 Å². The van der Waals surface area contributed by atoms with Crippen LogP contribution in [0.5, 0.6) is 5.75 Å². The molecule has 0 aliphatic carbocycles. The Morgan fingerprint density at radius 3 is 2.67 bits per heavy atom. The molecule has 114 valence electrons. The van der Waals surface area contributed by atoms with Gasteiger partial charge < -0.3 is 10.1 Å². The van der Waals surface area contributed by atoms with E-state index in [1.54, 1.807) is 0 Å². The number of carbonyl (C=O) groups is 2. The second-order valence-electron chi connectivity index (χ2n) is 4.68. The maximum Gasteiger partial charge on any atom is 0.311 e. The van der Waals surface area contributed by atoms with Crippen LogP contribution in [0.25, 0.3) is 0 Å². The lowest BCUT2D eigenvalue weighted by Crippen LogP contribution is -2.41. The Kier molecular flexibility index (Phi) is 5.83. The topological polar surface area (TPSA) is 98.5 Å². The highest BCUT2D eigenvalue weighted by Gasteiger charge is 2.22. The number of nitro benzene ring substituents is 1. The largest absolute Gasteiger partial charge is 0.474 e. The molecule has 0 heterocycles. The molecule has 0 saturated heterocycles. The van der Waals surface area contributed by atoms with E-state index < -0.39 is 11.0 Å². The van der Waals surface area contributed by atoms with Crippen molar-refractivity contribution in [3.05, 3.63) is 33.9 Å². The van der Waals surface area contributed by atoms with Crippen molar-refractivity contribution in [2.24, 2.45) is 0 Å². The lowest BCUT2D eigenvalue weighted by atomic mass is 10.2. The summed E-state index contributed by atoms with van der Waals surface area (Å²) in [7, 11) is 0. The van der Waals surface area contributed by atoms with Gasteiger partial charge in [0.2, 0.25) is 0 Å². The molecular weight excluding hydrogens is 276 g/mol. The molecule has 7 nitrogen and oxygen atoms in total. The normalized spacial score (nSPS) is 13.1. The first-order valence-electron chi connectivity index (χ1n) is 6.59.